The zero-order chi connectivity index (χ0) is 5.86. The molecule has 7 heavy (non-hydrogen) atoms. The van der Waals surface area contributed by atoms with Crippen LogP contribution in [0.2, 0.25) is 0 Å². The molecule has 0 amide bonds. The molecule has 0 saturated heterocycles. The molecule has 0 bridgehead atoms. The largest absolute Gasteiger partial charge is 0.313 e. The topological polar surface area (TPSA) is 12.0 Å². The Morgan fingerprint density at radius 3 is 2.14 bits per heavy atom. The van der Waals surface area contributed by atoms with Gasteiger partial charge in [-0.05, 0) is 20.9 Å². The maximum atomic E-state index is 4.85. The number of thiocarbonyl (C=S) groups is 1. The van der Waals surface area contributed by atoms with E-state index < -0.39 is 0 Å². The highest BCUT2D eigenvalue weighted by atomic mass is 32.1. The average molecular weight is 117 g/mol. The van der Waals surface area contributed by atoms with Crippen LogP contribution in [-0.4, -0.2) is 18.0 Å². The molecule has 2 heteroatoms. The van der Waals surface area contributed by atoms with Gasteiger partial charge in [0.2, 0.25) is 0 Å². The van der Waals surface area contributed by atoms with Gasteiger partial charge in [0.05, 0.1) is 0 Å². The van der Waals surface area contributed by atoms with Gasteiger partial charge in [0.25, 0.3) is 0 Å². The lowest BCUT2D eigenvalue weighted by atomic mass is 10.3. The van der Waals surface area contributed by atoms with Crippen LogP contribution in [0.5, 0.6) is 0 Å². The van der Waals surface area contributed by atoms with Crippen LogP contribution in [0.3, 0.4) is 0 Å². The van der Waals surface area contributed by atoms with Crippen molar-refractivity contribution in [2.75, 3.05) is 7.05 Å². The minimum absolute atomic E-state index is 0.384. The van der Waals surface area contributed by atoms with Gasteiger partial charge in [0.15, 0.2) is 0 Å². The van der Waals surface area contributed by atoms with Gasteiger partial charge < -0.3 is 5.32 Å². The molecule has 1 nitrogen and oxygen atoms in total. The van der Waals surface area contributed by atoms with E-state index in [0.29, 0.717) is 6.04 Å². The van der Waals surface area contributed by atoms with Crippen molar-refractivity contribution in [2.45, 2.75) is 19.9 Å². The van der Waals surface area contributed by atoms with Crippen molar-refractivity contribution in [1.82, 2.24) is 5.32 Å². The van der Waals surface area contributed by atoms with Crippen LogP contribution in [0.15, 0.2) is 0 Å². The van der Waals surface area contributed by atoms with Gasteiger partial charge in [0.1, 0.15) is 0 Å². The Morgan fingerprint density at radius 1 is 1.71 bits per heavy atom. The smallest absolute Gasteiger partial charge is 0.0349 e. The maximum absolute atomic E-state index is 4.85. The predicted molar refractivity (Wildman–Crippen MR) is 36.8 cm³/mol. The molecule has 0 aliphatic rings. The van der Waals surface area contributed by atoms with Crippen LogP contribution in [0.25, 0.3) is 0 Å². The molecule has 1 N–H and O–H groups in total. The van der Waals surface area contributed by atoms with Crippen molar-refractivity contribution in [3.05, 3.63) is 0 Å². The first-order valence-electron chi connectivity index (χ1n) is 2.36. The number of hydrogen-bond donors (Lipinski definition) is 1. The third-order valence-electron chi connectivity index (χ3n) is 1.04. The fourth-order valence-electron chi connectivity index (χ4n) is 0.203. The highest BCUT2D eigenvalue weighted by molar-refractivity contribution is 7.80. The van der Waals surface area contributed by atoms with Crippen molar-refractivity contribution in [3.63, 3.8) is 0 Å². The summed E-state index contributed by atoms with van der Waals surface area (Å²) < 4.78 is 0. The summed E-state index contributed by atoms with van der Waals surface area (Å²) in [6, 6.07) is 0.384. The van der Waals surface area contributed by atoms with Crippen LogP contribution in [0, 0.1) is 0 Å². The van der Waals surface area contributed by atoms with Crippen molar-refractivity contribution in [3.8, 4) is 0 Å². The van der Waals surface area contributed by atoms with E-state index in [1.807, 2.05) is 20.9 Å². The Balaban J connectivity index is 3.34. The third-order valence-corrected chi connectivity index (χ3v) is 1.40. The lowest BCUT2D eigenvalue weighted by Crippen LogP contribution is -2.27. The number of nitrogens with one attached hydrogen (secondary N) is 1. The van der Waals surface area contributed by atoms with Crippen molar-refractivity contribution >= 4 is 17.1 Å². The molecule has 0 rings (SSSR count). The minimum Gasteiger partial charge on any atom is -0.313 e. The summed E-state index contributed by atoms with van der Waals surface area (Å²) >= 11 is 4.85. The fraction of sp³-hybridized carbons (Fsp3) is 0.800. The minimum atomic E-state index is 0.384. The van der Waals surface area contributed by atoms with Crippen LogP contribution in [0.4, 0.5) is 0 Å². The normalized spacial score (nSPS) is 13.6. The number of hydrogen-bond acceptors (Lipinski definition) is 2. The van der Waals surface area contributed by atoms with E-state index in [1.165, 1.54) is 0 Å². The summed E-state index contributed by atoms with van der Waals surface area (Å²) in [6.07, 6.45) is 0. The molecule has 0 heterocycles. The summed E-state index contributed by atoms with van der Waals surface area (Å²) in [5, 5.41) is 3.02. The van der Waals surface area contributed by atoms with Gasteiger partial charge in [-0.25, -0.2) is 0 Å². The van der Waals surface area contributed by atoms with E-state index in [-0.39, 0.29) is 0 Å². The molecule has 0 aliphatic heterocycles. The molecule has 42 valence electrons. The van der Waals surface area contributed by atoms with Crippen LogP contribution in [0.1, 0.15) is 13.8 Å². The van der Waals surface area contributed by atoms with Crippen molar-refractivity contribution in [2.24, 2.45) is 0 Å². The first kappa shape index (κ1) is 7.05. The molecule has 0 fully saturated rings. The van der Waals surface area contributed by atoms with E-state index in [9.17, 15) is 0 Å². The molecule has 1 atom stereocenters. The summed E-state index contributed by atoms with van der Waals surface area (Å²) in [6.45, 7) is 3.98. The Hall–Kier alpha value is 0.0500. The summed E-state index contributed by atoms with van der Waals surface area (Å²) in [7, 11) is 1.90. The molecule has 0 aromatic heterocycles. The number of rotatable bonds is 2. The standard InChI is InChI=1S/C5H11NS/c1-4(6-3)5(2)7/h4,6H,1-3H3/t4-/m0/s1. The molecule has 0 unspecified atom stereocenters. The molecule has 0 spiro atoms. The van der Waals surface area contributed by atoms with Crippen LogP contribution in [-0.2, 0) is 0 Å². The Morgan fingerprint density at radius 2 is 2.14 bits per heavy atom. The lowest BCUT2D eigenvalue weighted by Gasteiger charge is -2.04. The summed E-state index contributed by atoms with van der Waals surface area (Å²) in [5.41, 5.74) is 0. The van der Waals surface area contributed by atoms with Crippen LogP contribution < -0.4 is 5.32 Å². The van der Waals surface area contributed by atoms with Crippen LogP contribution >= 0.6 is 12.2 Å². The third kappa shape index (κ3) is 2.71. The lowest BCUT2D eigenvalue weighted by molar-refractivity contribution is 0.768. The Labute approximate surface area is 50.1 Å². The fourth-order valence-corrected chi connectivity index (χ4v) is 0.321. The highest BCUT2D eigenvalue weighted by Gasteiger charge is 1.95. The van der Waals surface area contributed by atoms with Gasteiger partial charge >= 0.3 is 0 Å². The second-order valence-corrected chi connectivity index (χ2v) is 2.26. The van der Waals surface area contributed by atoms with E-state index >= 15 is 0 Å². The van der Waals surface area contributed by atoms with Gasteiger partial charge in [-0.3, -0.25) is 0 Å². The molecule has 0 aromatic carbocycles. The quantitative estimate of drug-likeness (QED) is 0.541. The first-order valence-corrected chi connectivity index (χ1v) is 2.77. The zero-order valence-corrected chi connectivity index (χ0v) is 5.80. The summed E-state index contributed by atoms with van der Waals surface area (Å²) in [5.74, 6) is 0. The maximum Gasteiger partial charge on any atom is 0.0349 e. The van der Waals surface area contributed by atoms with Gasteiger partial charge in [-0.2, -0.15) is 0 Å². The molecular weight excluding hydrogens is 106 g/mol. The second kappa shape index (κ2) is 3.10. The second-order valence-electron chi connectivity index (χ2n) is 1.62. The van der Waals surface area contributed by atoms with Gasteiger partial charge in [-0.1, -0.05) is 12.2 Å². The monoisotopic (exact) mass is 117 g/mol. The SMILES string of the molecule is CN[C@@H](C)C(C)=S. The molecule has 0 aliphatic carbocycles. The van der Waals surface area contributed by atoms with Gasteiger partial charge in [-0.15, -0.1) is 0 Å². The zero-order valence-electron chi connectivity index (χ0n) is 4.99. The highest BCUT2D eigenvalue weighted by Crippen LogP contribution is 1.82. The van der Waals surface area contributed by atoms with E-state index in [4.69, 9.17) is 12.2 Å². The molecule has 0 saturated carbocycles. The van der Waals surface area contributed by atoms with Crippen molar-refractivity contribution < 1.29 is 0 Å². The van der Waals surface area contributed by atoms with E-state index in [1.54, 1.807) is 0 Å². The Bertz CT molecular complexity index is 70.5. The molecular formula is C5H11NS. The van der Waals surface area contributed by atoms with E-state index in [2.05, 4.69) is 5.32 Å². The molecule has 0 radical (unpaired) electrons. The predicted octanol–water partition coefficient (Wildman–Crippen LogP) is 0.984. The average Bonchev–Trinajstić information content (AvgIpc) is 1.65. The summed E-state index contributed by atoms with van der Waals surface area (Å²) in [4.78, 5) is 1.02. The van der Waals surface area contributed by atoms with Crippen molar-refractivity contribution in [1.29, 1.82) is 0 Å². The molecule has 0 aromatic rings. The van der Waals surface area contributed by atoms with E-state index in [0.717, 1.165) is 4.86 Å². The van der Waals surface area contributed by atoms with Gasteiger partial charge in [0, 0.05) is 10.9 Å². The first-order chi connectivity index (χ1) is 3.18. The Kier molecular flexibility index (Phi) is 3.13.